The Bertz CT molecular complexity index is 396. The number of ether oxygens (including phenoxy) is 1. The van der Waals surface area contributed by atoms with Crippen molar-refractivity contribution in [2.45, 2.75) is 40.2 Å². The highest BCUT2D eigenvalue weighted by Gasteiger charge is 2.25. The highest BCUT2D eigenvalue weighted by atomic mass is 19.1. The largest absolute Gasteiger partial charge is 0.496 e. The fourth-order valence-corrected chi connectivity index (χ4v) is 1.78. The molecule has 1 N–H and O–H groups in total. The number of aliphatic hydroxyl groups excluding tert-OH is 1. The van der Waals surface area contributed by atoms with E-state index in [4.69, 9.17) is 4.74 Å². The molecular formula is C15H23FO2. The molecule has 0 saturated heterocycles. The molecule has 2 atom stereocenters. The van der Waals surface area contributed by atoms with Gasteiger partial charge in [-0.2, -0.15) is 0 Å². The highest BCUT2D eigenvalue weighted by molar-refractivity contribution is 5.35. The Morgan fingerprint density at radius 3 is 2.44 bits per heavy atom. The molecule has 0 aliphatic carbocycles. The summed E-state index contributed by atoms with van der Waals surface area (Å²) in [5.74, 6) is 0.499. The monoisotopic (exact) mass is 254 g/mol. The molecule has 0 aromatic heterocycles. The predicted octanol–water partition coefficient (Wildman–Crippen LogP) is 3.94. The summed E-state index contributed by atoms with van der Waals surface area (Å²) in [4.78, 5) is 0. The van der Waals surface area contributed by atoms with Crippen molar-refractivity contribution in [3.8, 4) is 5.75 Å². The summed E-state index contributed by atoms with van der Waals surface area (Å²) in [6, 6.07) is 4.23. The van der Waals surface area contributed by atoms with Crippen molar-refractivity contribution in [3.05, 3.63) is 29.6 Å². The molecule has 1 aromatic carbocycles. The lowest BCUT2D eigenvalue weighted by atomic mass is 9.78. The molecule has 1 aromatic rings. The van der Waals surface area contributed by atoms with Gasteiger partial charge in [0, 0.05) is 5.56 Å². The molecule has 2 unspecified atom stereocenters. The molecule has 0 aliphatic heterocycles. The van der Waals surface area contributed by atoms with Gasteiger partial charge in [0.1, 0.15) is 11.6 Å². The molecule has 0 aliphatic rings. The normalized spacial score (nSPS) is 15.3. The number of methoxy groups -OCH3 is 1. The molecule has 0 amide bonds. The van der Waals surface area contributed by atoms with Crippen LogP contribution in [0.2, 0.25) is 0 Å². The Balaban J connectivity index is 2.90. The minimum Gasteiger partial charge on any atom is -0.496 e. The van der Waals surface area contributed by atoms with Gasteiger partial charge in [-0.05, 0) is 36.0 Å². The molecule has 2 nitrogen and oxygen atoms in total. The van der Waals surface area contributed by atoms with Crippen LogP contribution in [-0.2, 0) is 0 Å². The first-order valence-electron chi connectivity index (χ1n) is 6.27. The maximum absolute atomic E-state index is 13.2. The van der Waals surface area contributed by atoms with Gasteiger partial charge in [-0.15, -0.1) is 0 Å². The lowest BCUT2D eigenvalue weighted by Gasteiger charge is -2.29. The number of benzene rings is 1. The molecule has 0 heterocycles. The van der Waals surface area contributed by atoms with Gasteiger partial charge in [0.05, 0.1) is 13.2 Å². The van der Waals surface area contributed by atoms with E-state index in [1.807, 2.05) is 0 Å². The fourth-order valence-electron chi connectivity index (χ4n) is 1.78. The first-order valence-corrected chi connectivity index (χ1v) is 6.27. The molecule has 3 heteroatoms. The van der Waals surface area contributed by atoms with Crippen LogP contribution in [0.15, 0.2) is 18.2 Å². The number of hydrogen-bond donors (Lipinski definition) is 1. The average molecular weight is 254 g/mol. The summed E-state index contributed by atoms with van der Waals surface area (Å²) in [7, 11) is 1.52. The maximum Gasteiger partial charge on any atom is 0.124 e. The summed E-state index contributed by atoms with van der Waals surface area (Å²) in [6.45, 7) is 8.49. The summed E-state index contributed by atoms with van der Waals surface area (Å²) >= 11 is 0. The standard InChI is InChI=1S/C15H23FO2/c1-10(15(2,3)4)8-13(17)12-9-11(16)6-7-14(12)18-5/h6-7,9-10,13,17H,8H2,1-5H3. The van der Waals surface area contributed by atoms with Crippen molar-refractivity contribution in [2.75, 3.05) is 7.11 Å². The number of hydrogen-bond acceptors (Lipinski definition) is 2. The van der Waals surface area contributed by atoms with E-state index in [9.17, 15) is 9.50 Å². The van der Waals surface area contributed by atoms with Crippen LogP contribution in [0.3, 0.4) is 0 Å². The van der Waals surface area contributed by atoms with E-state index in [0.717, 1.165) is 0 Å². The van der Waals surface area contributed by atoms with E-state index >= 15 is 0 Å². The quantitative estimate of drug-likeness (QED) is 0.881. The predicted molar refractivity (Wildman–Crippen MR) is 71.1 cm³/mol. The molecule has 1 rings (SSSR count). The van der Waals surface area contributed by atoms with Crippen LogP contribution in [0.1, 0.15) is 45.8 Å². The molecular weight excluding hydrogens is 231 g/mol. The lowest BCUT2D eigenvalue weighted by molar-refractivity contribution is 0.108. The molecule has 0 bridgehead atoms. The van der Waals surface area contributed by atoms with Gasteiger partial charge >= 0.3 is 0 Å². The Kier molecular flexibility index (Phi) is 4.74. The second-order valence-corrected chi connectivity index (χ2v) is 5.90. The smallest absolute Gasteiger partial charge is 0.124 e. The van der Waals surface area contributed by atoms with Crippen LogP contribution in [-0.4, -0.2) is 12.2 Å². The summed E-state index contributed by atoms with van der Waals surface area (Å²) in [6.07, 6.45) is -0.117. The van der Waals surface area contributed by atoms with Gasteiger partial charge in [-0.3, -0.25) is 0 Å². The Hall–Kier alpha value is -1.09. The SMILES string of the molecule is COc1ccc(F)cc1C(O)CC(C)C(C)(C)C. The van der Waals surface area contributed by atoms with Crippen LogP contribution in [0.5, 0.6) is 5.75 Å². The Morgan fingerprint density at radius 1 is 1.33 bits per heavy atom. The molecule has 0 fully saturated rings. The van der Waals surface area contributed by atoms with Crippen LogP contribution in [0.4, 0.5) is 4.39 Å². The van der Waals surface area contributed by atoms with E-state index in [0.29, 0.717) is 23.7 Å². The van der Waals surface area contributed by atoms with Gasteiger partial charge in [-0.1, -0.05) is 27.7 Å². The summed E-state index contributed by atoms with van der Waals surface area (Å²) in [5, 5.41) is 10.2. The summed E-state index contributed by atoms with van der Waals surface area (Å²) < 4.78 is 18.4. The van der Waals surface area contributed by atoms with Crippen molar-refractivity contribution in [1.82, 2.24) is 0 Å². The van der Waals surface area contributed by atoms with Gasteiger partial charge in [0.25, 0.3) is 0 Å². The van der Waals surface area contributed by atoms with E-state index < -0.39 is 6.10 Å². The topological polar surface area (TPSA) is 29.5 Å². The van der Waals surface area contributed by atoms with Crippen molar-refractivity contribution >= 4 is 0 Å². The Labute approximate surface area is 109 Å². The molecule has 0 saturated carbocycles. The van der Waals surface area contributed by atoms with Crippen molar-refractivity contribution in [2.24, 2.45) is 11.3 Å². The van der Waals surface area contributed by atoms with Gasteiger partial charge in [0.15, 0.2) is 0 Å². The highest BCUT2D eigenvalue weighted by Crippen LogP contribution is 2.36. The minimum absolute atomic E-state index is 0.113. The summed E-state index contributed by atoms with van der Waals surface area (Å²) in [5.41, 5.74) is 0.634. The third-order valence-electron chi connectivity index (χ3n) is 3.61. The Morgan fingerprint density at radius 2 is 1.94 bits per heavy atom. The second-order valence-electron chi connectivity index (χ2n) is 5.90. The molecule has 102 valence electrons. The number of rotatable bonds is 4. The van der Waals surface area contributed by atoms with Crippen molar-refractivity contribution < 1.29 is 14.2 Å². The van der Waals surface area contributed by atoms with Crippen LogP contribution >= 0.6 is 0 Å². The number of aliphatic hydroxyl groups is 1. The molecule has 18 heavy (non-hydrogen) atoms. The zero-order chi connectivity index (χ0) is 13.9. The van der Waals surface area contributed by atoms with Crippen molar-refractivity contribution in [3.63, 3.8) is 0 Å². The maximum atomic E-state index is 13.2. The second kappa shape index (κ2) is 5.70. The third kappa shape index (κ3) is 3.70. The number of halogens is 1. The first kappa shape index (κ1) is 15.0. The van der Waals surface area contributed by atoms with Gasteiger partial charge in [-0.25, -0.2) is 4.39 Å². The lowest BCUT2D eigenvalue weighted by Crippen LogP contribution is -2.20. The first-order chi connectivity index (χ1) is 8.25. The van der Waals surface area contributed by atoms with E-state index in [1.165, 1.54) is 19.2 Å². The fraction of sp³-hybridized carbons (Fsp3) is 0.600. The van der Waals surface area contributed by atoms with E-state index in [-0.39, 0.29) is 11.2 Å². The van der Waals surface area contributed by atoms with Crippen LogP contribution in [0.25, 0.3) is 0 Å². The minimum atomic E-state index is -0.704. The third-order valence-corrected chi connectivity index (χ3v) is 3.61. The average Bonchev–Trinajstić information content (AvgIpc) is 2.27. The van der Waals surface area contributed by atoms with E-state index in [1.54, 1.807) is 6.07 Å². The zero-order valence-corrected chi connectivity index (χ0v) is 11.8. The van der Waals surface area contributed by atoms with Gasteiger partial charge < -0.3 is 9.84 Å². The van der Waals surface area contributed by atoms with Crippen molar-refractivity contribution in [1.29, 1.82) is 0 Å². The van der Waals surface area contributed by atoms with Crippen LogP contribution < -0.4 is 4.74 Å². The van der Waals surface area contributed by atoms with Crippen LogP contribution in [0, 0.1) is 17.2 Å². The van der Waals surface area contributed by atoms with Gasteiger partial charge in [0.2, 0.25) is 0 Å². The van der Waals surface area contributed by atoms with E-state index in [2.05, 4.69) is 27.7 Å². The zero-order valence-electron chi connectivity index (χ0n) is 11.8. The molecule has 0 radical (unpaired) electrons. The molecule has 0 spiro atoms.